The number of pyridine rings is 1. The van der Waals surface area contributed by atoms with Gasteiger partial charge in [0.2, 0.25) is 5.88 Å². The number of benzene rings is 1. The largest absolute Gasteiger partial charge is 0.481 e. The molecule has 1 aromatic heterocycles. The number of nitrogens with one attached hydrogen (secondary N) is 1. The predicted octanol–water partition coefficient (Wildman–Crippen LogP) is 2.44. The third-order valence-corrected chi connectivity index (χ3v) is 2.78. The average Bonchev–Trinajstić information content (AvgIpc) is 2.49. The molecule has 19 heavy (non-hydrogen) atoms. The summed E-state index contributed by atoms with van der Waals surface area (Å²) in [7, 11) is 1.57. The van der Waals surface area contributed by atoms with Crippen LogP contribution < -0.4 is 10.1 Å². The van der Waals surface area contributed by atoms with Crippen molar-refractivity contribution in [3.8, 4) is 11.9 Å². The number of aromatic nitrogens is 1. The van der Waals surface area contributed by atoms with Gasteiger partial charge in [0.25, 0.3) is 0 Å². The summed E-state index contributed by atoms with van der Waals surface area (Å²) in [5.41, 5.74) is 1.98. The fourth-order valence-electron chi connectivity index (χ4n) is 1.74. The molecular weight excluding hydrogens is 238 g/mol. The molecule has 4 heteroatoms. The van der Waals surface area contributed by atoms with Crippen LogP contribution in [0.4, 0.5) is 0 Å². The fourth-order valence-corrected chi connectivity index (χ4v) is 1.74. The molecule has 1 aromatic carbocycles. The van der Waals surface area contributed by atoms with E-state index in [0.29, 0.717) is 12.4 Å². The van der Waals surface area contributed by atoms with Gasteiger partial charge in [-0.15, -0.1) is 0 Å². The van der Waals surface area contributed by atoms with Crippen molar-refractivity contribution in [2.24, 2.45) is 0 Å². The van der Waals surface area contributed by atoms with Crippen LogP contribution in [0.5, 0.6) is 5.88 Å². The molecular formula is C15H15N3O. The Bertz CT molecular complexity index is 546. The van der Waals surface area contributed by atoms with Crippen LogP contribution >= 0.6 is 0 Å². The number of rotatable bonds is 5. The maximum atomic E-state index is 9.21. The van der Waals surface area contributed by atoms with Gasteiger partial charge in [-0.25, -0.2) is 4.98 Å². The standard InChI is InChI=1S/C15H15N3O/c1-19-15-8-7-13(11-18-15)14(9-16)17-10-12-5-3-2-4-6-12/h2-8,11,14,17H,10H2,1H3. The zero-order valence-corrected chi connectivity index (χ0v) is 10.7. The van der Waals surface area contributed by atoms with Gasteiger partial charge in [-0.2, -0.15) is 5.26 Å². The molecule has 2 aromatic rings. The monoisotopic (exact) mass is 253 g/mol. The Balaban J connectivity index is 2.02. The normalized spacial score (nSPS) is 11.6. The number of ether oxygens (including phenoxy) is 1. The molecule has 0 amide bonds. The molecule has 0 saturated heterocycles. The zero-order valence-electron chi connectivity index (χ0n) is 10.7. The molecule has 0 aliphatic carbocycles. The lowest BCUT2D eigenvalue weighted by Gasteiger charge is -2.11. The highest BCUT2D eigenvalue weighted by molar-refractivity contribution is 5.25. The second-order valence-corrected chi connectivity index (χ2v) is 4.06. The Morgan fingerprint density at radius 3 is 2.63 bits per heavy atom. The Kier molecular flexibility index (Phi) is 4.49. The first-order valence-electron chi connectivity index (χ1n) is 6.00. The molecule has 1 unspecified atom stereocenters. The molecule has 0 radical (unpaired) electrons. The van der Waals surface area contributed by atoms with Crippen LogP contribution in [-0.4, -0.2) is 12.1 Å². The number of methoxy groups -OCH3 is 1. The molecule has 0 aliphatic rings. The number of hydrogen-bond acceptors (Lipinski definition) is 4. The predicted molar refractivity (Wildman–Crippen MR) is 72.4 cm³/mol. The van der Waals surface area contributed by atoms with E-state index in [-0.39, 0.29) is 6.04 Å². The molecule has 96 valence electrons. The third kappa shape index (κ3) is 3.54. The third-order valence-electron chi connectivity index (χ3n) is 2.78. The van der Waals surface area contributed by atoms with Crippen LogP contribution in [0.15, 0.2) is 48.7 Å². The SMILES string of the molecule is COc1ccc(C(C#N)NCc2ccccc2)cn1. The Morgan fingerprint density at radius 1 is 1.26 bits per heavy atom. The minimum Gasteiger partial charge on any atom is -0.481 e. The van der Waals surface area contributed by atoms with Crippen molar-refractivity contribution in [1.29, 1.82) is 5.26 Å². The van der Waals surface area contributed by atoms with Crippen LogP contribution in [0.2, 0.25) is 0 Å². The van der Waals surface area contributed by atoms with Gasteiger partial charge < -0.3 is 4.74 Å². The maximum Gasteiger partial charge on any atom is 0.212 e. The lowest BCUT2D eigenvalue weighted by molar-refractivity contribution is 0.397. The maximum absolute atomic E-state index is 9.21. The van der Waals surface area contributed by atoms with Crippen molar-refractivity contribution in [3.05, 3.63) is 59.8 Å². The van der Waals surface area contributed by atoms with Gasteiger partial charge in [-0.05, 0) is 11.6 Å². The van der Waals surface area contributed by atoms with E-state index in [1.807, 2.05) is 36.4 Å². The van der Waals surface area contributed by atoms with Crippen molar-refractivity contribution in [3.63, 3.8) is 0 Å². The molecule has 0 spiro atoms. The molecule has 0 aliphatic heterocycles. The molecule has 0 fully saturated rings. The van der Waals surface area contributed by atoms with Gasteiger partial charge >= 0.3 is 0 Å². The van der Waals surface area contributed by atoms with Crippen LogP contribution in [0.3, 0.4) is 0 Å². The minimum absolute atomic E-state index is 0.376. The Hall–Kier alpha value is -2.38. The molecule has 0 bridgehead atoms. The van der Waals surface area contributed by atoms with Gasteiger partial charge in [0.15, 0.2) is 0 Å². The minimum atomic E-state index is -0.376. The number of nitriles is 1. The van der Waals surface area contributed by atoms with E-state index in [0.717, 1.165) is 11.1 Å². The summed E-state index contributed by atoms with van der Waals surface area (Å²) >= 11 is 0. The van der Waals surface area contributed by atoms with Crippen molar-refractivity contribution >= 4 is 0 Å². The van der Waals surface area contributed by atoms with Gasteiger partial charge in [0, 0.05) is 24.4 Å². The second-order valence-electron chi connectivity index (χ2n) is 4.06. The van der Waals surface area contributed by atoms with E-state index in [9.17, 15) is 5.26 Å². The second kappa shape index (κ2) is 6.53. The highest BCUT2D eigenvalue weighted by atomic mass is 16.5. The smallest absolute Gasteiger partial charge is 0.212 e. The summed E-state index contributed by atoms with van der Waals surface area (Å²) in [6.45, 7) is 0.644. The van der Waals surface area contributed by atoms with Gasteiger partial charge in [-0.3, -0.25) is 5.32 Å². The van der Waals surface area contributed by atoms with Gasteiger partial charge in [0.1, 0.15) is 6.04 Å². The highest BCUT2D eigenvalue weighted by Crippen LogP contribution is 2.14. The van der Waals surface area contributed by atoms with Crippen molar-refractivity contribution in [2.45, 2.75) is 12.6 Å². The molecule has 4 nitrogen and oxygen atoms in total. The number of nitrogens with zero attached hydrogens (tertiary/aromatic N) is 2. The van der Waals surface area contributed by atoms with E-state index in [4.69, 9.17) is 4.74 Å². The quantitative estimate of drug-likeness (QED) is 0.889. The van der Waals surface area contributed by atoms with Crippen LogP contribution in [0.25, 0.3) is 0 Å². The summed E-state index contributed by atoms with van der Waals surface area (Å²) in [5.74, 6) is 0.545. The topological polar surface area (TPSA) is 57.9 Å². The first-order chi connectivity index (χ1) is 9.33. The summed E-state index contributed by atoms with van der Waals surface area (Å²) in [5, 5.41) is 12.4. The van der Waals surface area contributed by atoms with E-state index in [1.54, 1.807) is 19.4 Å². The summed E-state index contributed by atoms with van der Waals surface area (Å²) in [4.78, 5) is 4.11. The molecule has 2 rings (SSSR count). The molecule has 1 heterocycles. The summed E-state index contributed by atoms with van der Waals surface area (Å²) in [6, 6.07) is 15.4. The molecule has 0 saturated carbocycles. The van der Waals surface area contributed by atoms with Gasteiger partial charge in [-0.1, -0.05) is 30.3 Å². The fraction of sp³-hybridized carbons (Fsp3) is 0.200. The van der Waals surface area contributed by atoms with E-state index >= 15 is 0 Å². The highest BCUT2D eigenvalue weighted by Gasteiger charge is 2.10. The lowest BCUT2D eigenvalue weighted by atomic mass is 10.1. The van der Waals surface area contributed by atoms with E-state index in [1.165, 1.54) is 0 Å². The Morgan fingerprint density at radius 2 is 2.05 bits per heavy atom. The van der Waals surface area contributed by atoms with Gasteiger partial charge in [0.05, 0.1) is 13.2 Å². The number of hydrogen-bond donors (Lipinski definition) is 1. The van der Waals surface area contributed by atoms with Crippen molar-refractivity contribution in [1.82, 2.24) is 10.3 Å². The van der Waals surface area contributed by atoms with Crippen LogP contribution in [0.1, 0.15) is 17.2 Å². The molecule has 1 N–H and O–H groups in total. The van der Waals surface area contributed by atoms with E-state index in [2.05, 4.69) is 16.4 Å². The van der Waals surface area contributed by atoms with E-state index < -0.39 is 0 Å². The van der Waals surface area contributed by atoms with Crippen LogP contribution in [0, 0.1) is 11.3 Å². The molecule has 1 atom stereocenters. The van der Waals surface area contributed by atoms with Crippen molar-refractivity contribution < 1.29 is 4.74 Å². The lowest BCUT2D eigenvalue weighted by Crippen LogP contribution is -2.19. The first kappa shape index (κ1) is 13.1. The van der Waals surface area contributed by atoms with Crippen LogP contribution in [-0.2, 0) is 6.54 Å². The average molecular weight is 253 g/mol. The first-order valence-corrected chi connectivity index (χ1v) is 6.00. The summed E-state index contributed by atoms with van der Waals surface area (Å²) in [6.07, 6.45) is 1.66. The Labute approximate surface area is 112 Å². The van der Waals surface area contributed by atoms with Crippen molar-refractivity contribution in [2.75, 3.05) is 7.11 Å². The zero-order chi connectivity index (χ0) is 13.5. The summed E-state index contributed by atoms with van der Waals surface area (Å²) < 4.78 is 5.00.